The Labute approximate surface area is 180 Å². The third kappa shape index (κ3) is 4.45. The monoisotopic (exact) mass is 415 g/mol. The standard InChI is InChI=1S/C25H21NO5/c27-21-15-23(26-18-10-7-13-20(14-18)29-19-11-5-2-6-12-19)30-22-16-28-25(31-24(21)22)17-8-3-1-4-9-17/h1-15,22,24-26H,16H2/t22-,24+,25-/m1/s1. The quantitative estimate of drug-likeness (QED) is 0.645. The van der Waals surface area contributed by atoms with Crippen molar-refractivity contribution < 1.29 is 23.7 Å². The number of ether oxygens (including phenoxy) is 4. The number of benzene rings is 3. The fourth-order valence-electron chi connectivity index (χ4n) is 3.54. The molecule has 1 fully saturated rings. The highest BCUT2D eigenvalue weighted by atomic mass is 16.7. The first-order chi connectivity index (χ1) is 15.2. The molecule has 156 valence electrons. The zero-order valence-corrected chi connectivity index (χ0v) is 16.6. The van der Waals surface area contributed by atoms with E-state index in [1.165, 1.54) is 6.08 Å². The van der Waals surface area contributed by atoms with Crippen molar-refractivity contribution in [3.63, 3.8) is 0 Å². The van der Waals surface area contributed by atoms with E-state index in [1.54, 1.807) is 0 Å². The Kier molecular flexibility index (Phi) is 5.39. The third-order valence-corrected chi connectivity index (χ3v) is 5.00. The van der Waals surface area contributed by atoms with Crippen molar-refractivity contribution in [3.05, 3.63) is 102 Å². The van der Waals surface area contributed by atoms with E-state index in [-0.39, 0.29) is 12.4 Å². The molecule has 0 saturated carbocycles. The molecule has 3 aromatic rings. The first kappa shape index (κ1) is 19.4. The number of carbonyl (C=O) groups excluding carboxylic acids is 1. The first-order valence-electron chi connectivity index (χ1n) is 10.1. The number of para-hydroxylation sites is 1. The molecule has 6 heteroatoms. The second-order valence-corrected chi connectivity index (χ2v) is 7.27. The van der Waals surface area contributed by atoms with Crippen LogP contribution in [-0.2, 0) is 19.0 Å². The minimum absolute atomic E-state index is 0.153. The van der Waals surface area contributed by atoms with Crippen molar-refractivity contribution in [3.8, 4) is 11.5 Å². The van der Waals surface area contributed by atoms with Crippen LogP contribution in [0.25, 0.3) is 0 Å². The summed E-state index contributed by atoms with van der Waals surface area (Å²) in [6.07, 6.45) is -0.357. The smallest absolute Gasteiger partial charge is 0.195 e. The van der Waals surface area contributed by atoms with Crippen LogP contribution in [0.1, 0.15) is 11.9 Å². The first-order valence-corrected chi connectivity index (χ1v) is 10.1. The minimum Gasteiger partial charge on any atom is -0.470 e. The molecule has 1 saturated heterocycles. The van der Waals surface area contributed by atoms with Gasteiger partial charge in [-0.1, -0.05) is 54.6 Å². The largest absolute Gasteiger partial charge is 0.470 e. The summed E-state index contributed by atoms with van der Waals surface area (Å²) in [5.41, 5.74) is 1.61. The van der Waals surface area contributed by atoms with Gasteiger partial charge in [0, 0.05) is 23.4 Å². The summed E-state index contributed by atoms with van der Waals surface area (Å²) < 4.78 is 23.5. The number of anilines is 1. The highest BCUT2D eigenvalue weighted by molar-refractivity contribution is 5.95. The van der Waals surface area contributed by atoms with Gasteiger partial charge in [-0.25, -0.2) is 0 Å². The summed E-state index contributed by atoms with van der Waals surface area (Å²) in [6, 6.07) is 26.5. The maximum Gasteiger partial charge on any atom is 0.195 e. The lowest BCUT2D eigenvalue weighted by Crippen LogP contribution is -2.49. The highest BCUT2D eigenvalue weighted by Crippen LogP contribution is 2.32. The van der Waals surface area contributed by atoms with Crippen molar-refractivity contribution >= 4 is 11.5 Å². The van der Waals surface area contributed by atoms with E-state index in [2.05, 4.69) is 5.32 Å². The third-order valence-electron chi connectivity index (χ3n) is 5.00. The van der Waals surface area contributed by atoms with E-state index < -0.39 is 18.5 Å². The van der Waals surface area contributed by atoms with Crippen molar-refractivity contribution in [1.82, 2.24) is 0 Å². The molecule has 0 amide bonds. The molecule has 2 aliphatic heterocycles. The zero-order valence-electron chi connectivity index (χ0n) is 16.6. The van der Waals surface area contributed by atoms with E-state index in [9.17, 15) is 4.79 Å². The van der Waals surface area contributed by atoms with E-state index in [0.717, 1.165) is 17.0 Å². The molecule has 5 rings (SSSR count). The van der Waals surface area contributed by atoms with Gasteiger partial charge in [0.15, 0.2) is 30.2 Å². The number of fused-ring (bicyclic) bond motifs is 1. The van der Waals surface area contributed by atoms with Crippen LogP contribution in [0.5, 0.6) is 11.5 Å². The second kappa shape index (κ2) is 8.63. The van der Waals surface area contributed by atoms with Crippen LogP contribution in [0.3, 0.4) is 0 Å². The molecule has 6 nitrogen and oxygen atoms in total. The molecule has 0 unspecified atom stereocenters. The molecule has 0 radical (unpaired) electrons. The molecule has 0 bridgehead atoms. The minimum atomic E-state index is -0.697. The molecule has 0 spiro atoms. The van der Waals surface area contributed by atoms with Gasteiger partial charge in [-0.3, -0.25) is 4.79 Å². The molecule has 31 heavy (non-hydrogen) atoms. The lowest BCUT2D eigenvalue weighted by atomic mass is 10.1. The van der Waals surface area contributed by atoms with Gasteiger partial charge in [0.05, 0.1) is 6.61 Å². The van der Waals surface area contributed by atoms with Crippen LogP contribution in [0.2, 0.25) is 0 Å². The van der Waals surface area contributed by atoms with Crippen LogP contribution in [-0.4, -0.2) is 24.6 Å². The Morgan fingerprint density at radius 2 is 1.61 bits per heavy atom. The van der Waals surface area contributed by atoms with E-state index >= 15 is 0 Å². The Hall–Kier alpha value is -3.61. The normalized spacial score (nSPS) is 22.6. The molecule has 1 N–H and O–H groups in total. The summed E-state index contributed by atoms with van der Waals surface area (Å²) in [4.78, 5) is 12.7. The van der Waals surface area contributed by atoms with Gasteiger partial charge in [0.2, 0.25) is 0 Å². The predicted molar refractivity (Wildman–Crippen MR) is 115 cm³/mol. The van der Waals surface area contributed by atoms with Crippen molar-refractivity contribution in [2.75, 3.05) is 11.9 Å². The maximum absolute atomic E-state index is 12.7. The van der Waals surface area contributed by atoms with Gasteiger partial charge < -0.3 is 24.3 Å². The molecular weight excluding hydrogens is 394 g/mol. The topological polar surface area (TPSA) is 66.0 Å². The highest BCUT2D eigenvalue weighted by Gasteiger charge is 2.41. The predicted octanol–water partition coefficient (Wildman–Crippen LogP) is 4.81. The van der Waals surface area contributed by atoms with Crippen molar-refractivity contribution in [2.45, 2.75) is 18.5 Å². The molecule has 2 heterocycles. The summed E-state index contributed by atoms with van der Waals surface area (Å²) in [5, 5.41) is 3.14. The average molecular weight is 415 g/mol. The van der Waals surface area contributed by atoms with Gasteiger partial charge >= 0.3 is 0 Å². The molecule has 3 atom stereocenters. The molecule has 0 aliphatic carbocycles. The zero-order chi connectivity index (χ0) is 21.0. The van der Waals surface area contributed by atoms with E-state index in [1.807, 2.05) is 84.9 Å². The van der Waals surface area contributed by atoms with Gasteiger partial charge in [-0.05, 0) is 24.3 Å². The van der Waals surface area contributed by atoms with Crippen LogP contribution >= 0.6 is 0 Å². The number of rotatable bonds is 5. The number of nitrogens with one attached hydrogen (secondary N) is 1. The molecule has 2 aliphatic rings. The Bertz CT molecular complexity index is 1080. The summed E-state index contributed by atoms with van der Waals surface area (Å²) in [6.45, 7) is 0.256. The maximum atomic E-state index is 12.7. The van der Waals surface area contributed by atoms with Gasteiger partial charge in [0.1, 0.15) is 11.5 Å². The van der Waals surface area contributed by atoms with Gasteiger partial charge in [-0.15, -0.1) is 0 Å². The summed E-state index contributed by atoms with van der Waals surface area (Å²) in [7, 11) is 0. The number of hydrogen-bond donors (Lipinski definition) is 1. The average Bonchev–Trinajstić information content (AvgIpc) is 2.80. The summed E-state index contributed by atoms with van der Waals surface area (Å²) >= 11 is 0. The van der Waals surface area contributed by atoms with Crippen molar-refractivity contribution in [2.24, 2.45) is 0 Å². The van der Waals surface area contributed by atoms with Crippen molar-refractivity contribution in [1.29, 1.82) is 0 Å². The Morgan fingerprint density at radius 3 is 2.42 bits per heavy atom. The molecule has 0 aromatic heterocycles. The van der Waals surface area contributed by atoms with Crippen LogP contribution in [0, 0.1) is 0 Å². The molecule has 3 aromatic carbocycles. The Morgan fingerprint density at radius 1 is 0.871 bits per heavy atom. The van der Waals surface area contributed by atoms with Gasteiger partial charge in [0.25, 0.3) is 0 Å². The lowest BCUT2D eigenvalue weighted by molar-refractivity contribution is -0.254. The summed E-state index contributed by atoms with van der Waals surface area (Å²) in [5.74, 6) is 1.62. The molecular formula is C25H21NO5. The van der Waals surface area contributed by atoms with Crippen LogP contribution < -0.4 is 10.1 Å². The second-order valence-electron chi connectivity index (χ2n) is 7.27. The Balaban J connectivity index is 1.27. The lowest BCUT2D eigenvalue weighted by Gasteiger charge is -2.38. The number of hydrogen-bond acceptors (Lipinski definition) is 6. The number of ketones is 1. The number of carbonyl (C=O) groups is 1. The van der Waals surface area contributed by atoms with Gasteiger partial charge in [-0.2, -0.15) is 0 Å². The van der Waals surface area contributed by atoms with E-state index in [4.69, 9.17) is 18.9 Å². The van der Waals surface area contributed by atoms with Crippen LogP contribution in [0.4, 0.5) is 5.69 Å². The SMILES string of the molecule is O=C1C=C(Nc2cccc(Oc3ccccc3)c2)O[C@@H]2CO[C@@H](c3ccccc3)O[C@@H]12. The fraction of sp³-hybridized carbons (Fsp3) is 0.160. The fourth-order valence-corrected chi connectivity index (χ4v) is 3.54. The van der Waals surface area contributed by atoms with E-state index in [0.29, 0.717) is 11.6 Å². The van der Waals surface area contributed by atoms with Crippen LogP contribution in [0.15, 0.2) is 96.9 Å².